The van der Waals surface area contributed by atoms with E-state index in [4.69, 9.17) is 9.26 Å². The highest BCUT2D eigenvalue weighted by molar-refractivity contribution is 5.76. The quantitative estimate of drug-likeness (QED) is 0.839. The molecule has 9 nitrogen and oxygen atoms in total. The molecule has 2 aliphatic rings. The number of morpholine rings is 1. The summed E-state index contributed by atoms with van der Waals surface area (Å²) >= 11 is 0. The number of carbonyl (C=O) groups excluding carboxylic acids is 2. The summed E-state index contributed by atoms with van der Waals surface area (Å²) < 4.78 is 10.6. The first-order valence-corrected chi connectivity index (χ1v) is 9.29. The van der Waals surface area contributed by atoms with Gasteiger partial charge in [-0.25, -0.2) is 4.79 Å². The van der Waals surface area contributed by atoms with Gasteiger partial charge in [0.2, 0.25) is 11.8 Å². The second-order valence-corrected chi connectivity index (χ2v) is 7.00. The predicted octanol–water partition coefficient (Wildman–Crippen LogP) is 1.12. The lowest BCUT2D eigenvalue weighted by atomic mass is 10.2. The minimum Gasteiger partial charge on any atom is -0.378 e. The average molecular weight is 365 g/mol. The van der Waals surface area contributed by atoms with Gasteiger partial charge in [0.15, 0.2) is 5.82 Å². The molecule has 0 aliphatic carbocycles. The van der Waals surface area contributed by atoms with E-state index in [2.05, 4.69) is 15.5 Å². The third-order valence-corrected chi connectivity index (χ3v) is 4.62. The van der Waals surface area contributed by atoms with Crippen LogP contribution >= 0.6 is 0 Å². The van der Waals surface area contributed by atoms with Crippen molar-refractivity contribution in [2.24, 2.45) is 0 Å². The van der Waals surface area contributed by atoms with Gasteiger partial charge in [-0.2, -0.15) is 4.98 Å². The molecular formula is C17H27N5O4. The number of carbonyl (C=O) groups is 2. The van der Waals surface area contributed by atoms with Crippen molar-refractivity contribution in [1.29, 1.82) is 0 Å². The van der Waals surface area contributed by atoms with Crippen LogP contribution in [0.15, 0.2) is 4.52 Å². The first-order chi connectivity index (χ1) is 12.5. The van der Waals surface area contributed by atoms with Crippen molar-refractivity contribution < 1.29 is 18.8 Å². The molecule has 0 spiro atoms. The number of ether oxygens (including phenoxy) is 1. The van der Waals surface area contributed by atoms with Crippen LogP contribution < -0.4 is 5.32 Å². The van der Waals surface area contributed by atoms with Crippen LogP contribution in [-0.4, -0.2) is 70.8 Å². The Labute approximate surface area is 153 Å². The summed E-state index contributed by atoms with van der Waals surface area (Å²) in [6, 6.07) is -0.187. The van der Waals surface area contributed by atoms with Crippen molar-refractivity contribution in [3.8, 4) is 0 Å². The summed E-state index contributed by atoms with van der Waals surface area (Å²) in [6.07, 6.45) is 2.48. The monoisotopic (exact) mass is 365 g/mol. The molecule has 3 amide bonds. The van der Waals surface area contributed by atoms with Crippen molar-refractivity contribution in [3.63, 3.8) is 0 Å². The van der Waals surface area contributed by atoms with Crippen molar-refractivity contribution >= 4 is 11.9 Å². The zero-order valence-electron chi connectivity index (χ0n) is 15.4. The summed E-state index contributed by atoms with van der Waals surface area (Å²) in [5.41, 5.74) is 0. The molecule has 0 bridgehead atoms. The van der Waals surface area contributed by atoms with E-state index >= 15 is 0 Å². The molecular weight excluding hydrogens is 338 g/mol. The van der Waals surface area contributed by atoms with Gasteiger partial charge in [0.05, 0.1) is 19.3 Å². The molecule has 2 saturated heterocycles. The van der Waals surface area contributed by atoms with Gasteiger partial charge >= 0.3 is 6.03 Å². The van der Waals surface area contributed by atoms with Gasteiger partial charge in [-0.3, -0.25) is 4.79 Å². The third kappa shape index (κ3) is 4.51. The molecule has 0 aromatic carbocycles. The SMILES string of the molecule is CC(C)NC(=O)N1CCCC1c1noc(CCC(=O)N2CCOCC2)n1. The summed E-state index contributed by atoms with van der Waals surface area (Å²) in [7, 11) is 0. The van der Waals surface area contributed by atoms with Crippen LogP contribution in [0, 0.1) is 0 Å². The molecule has 2 aliphatic heterocycles. The molecule has 1 unspecified atom stereocenters. The third-order valence-electron chi connectivity index (χ3n) is 4.62. The Balaban J connectivity index is 1.55. The van der Waals surface area contributed by atoms with Crippen LogP contribution in [0.1, 0.15) is 50.9 Å². The summed E-state index contributed by atoms with van der Waals surface area (Å²) in [6.45, 7) is 7.00. The number of nitrogens with zero attached hydrogens (tertiary/aromatic N) is 4. The first-order valence-electron chi connectivity index (χ1n) is 9.29. The highest BCUT2D eigenvalue weighted by Gasteiger charge is 2.33. The molecule has 1 atom stereocenters. The van der Waals surface area contributed by atoms with Crippen LogP contribution in [0.5, 0.6) is 0 Å². The number of nitrogens with one attached hydrogen (secondary N) is 1. The standard InChI is InChI=1S/C17H27N5O4/c1-12(2)18-17(24)22-7-3-4-13(22)16-19-14(26-20-16)5-6-15(23)21-8-10-25-11-9-21/h12-13H,3-11H2,1-2H3,(H,18,24). The number of likely N-dealkylation sites (tertiary alicyclic amines) is 1. The van der Waals surface area contributed by atoms with Gasteiger partial charge < -0.3 is 24.4 Å². The predicted molar refractivity (Wildman–Crippen MR) is 92.4 cm³/mol. The van der Waals surface area contributed by atoms with E-state index in [-0.39, 0.29) is 24.0 Å². The Kier molecular flexibility index (Phi) is 6.08. The molecule has 1 aromatic heterocycles. The number of amides is 3. The minimum atomic E-state index is -0.166. The summed E-state index contributed by atoms with van der Waals surface area (Å²) in [5.74, 6) is 1.04. The molecule has 1 aromatic rings. The molecule has 26 heavy (non-hydrogen) atoms. The van der Waals surface area contributed by atoms with Crippen LogP contribution in [0.3, 0.4) is 0 Å². The Hall–Kier alpha value is -2.16. The zero-order chi connectivity index (χ0) is 18.5. The Morgan fingerprint density at radius 2 is 2.04 bits per heavy atom. The first kappa shape index (κ1) is 18.6. The second kappa shape index (κ2) is 8.48. The number of aromatic nitrogens is 2. The van der Waals surface area contributed by atoms with Crippen LogP contribution in [0.4, 0.5) is 4.79 Å². The maximum absolute atomic E-state index is 12.3. The number of urea groups is 1. The van der Waals surface area contributed by atoms with Crippen LogP contribution in [-0.2, 0) is 16.0 Å². The highest BCUT2D eigenvalue weighted by Crippen LogP contribution is 2.30. The maximum Gasteiger partial charge on any atom is 0.318 e. The van der Waals surface area contributed by atoms with E-state index in [0.29, 0.717) is 57.4 Å². The fourth-order valence-corrected chi connectivity index (χ4v) is 3.30. The van der Waals surface area contributed by atoms with Crippen molar-refractivity contribution in [1.82, 2.24) is 25.3 Å². The Morgan fingerprint density at radius 3 is 2.77 bits per heavy atom. The fraction of sp³-hybridized carbons (Fsp3) is 0.765. The number of aryl methyl sites for hydroxylation is 1. The van der Waals surface area contributed by atoms with Gasteiger partial charge in [0.25, 0.3) is 0 Å². The lowest BCUT2D eigenvalue weighted by Crippen LogP contribution is -2.42. The summed E-state index contributed by atoms with van der Waals surface area (Å²) in [5, 5.41) is 6.96. The van der Waals surface area contributed by atoms with Crippen molar-refractivity contribution in [3.05, 3.63) is 11.7 Å². The van der Waals surface area contributed by atoms with E-state index in [0.717, 1.165) is 12.8 Å². The number of hydrogen-bond acceptors (Lipinski definition) is 6. The maximum atomic E-state index is 12.3. The molecule has 0 saturated carbocycles. The average Bonchev–Trinajstić information content (AvgIpc) is 3.28. The Morgan fingerprint density at radius 1 is 1.27 bits per heavy atom. The molecule has 3 heterocycles. The largest absolute Gasteiger partial charge is 0.378 e. The van der Waals surface area contributed by atoms with E-state index < -0.39 is 0 Å². The van der Waals surface area contributed by atoms with E-state index in [1.54, 1.807) is 9.80 Å². The Bertz CT molecular complexity index is 626. The highest BCUT2D eigenvalue weighted by atomic mass is 16.5. The minimum absolute atomic E-state index is 0.0758. The normalized spacial score (nSPS) is 20.7. The van der Waals surface area contributed by atoms with E-state index in [1.807, 2.05) is 13.8 Å². The zero-order valence-corrected chi connectivity index (χ0v) is 15.4. The summed E-state index contributed by atoms with van der Waals surface area (Å²) in [4.78, 5) is 32.5. The van der Waals surface area contributed by atoms with Gasteiger partial charge in [-0.15, -0.1) is 0 Å². The lowest BCUT2D eigenvalue weighted by molar-refractivity contribution is -0.135. The number of rotatable bonds is 5. The molecule has 9 heteroatoms. The van der Waals surface area contributed by atoms with Crippen molar-refractivity contribution in [2.75, 3.05) is 32.8 Å². The van der Waals surface area contributed by atoms with Gasteiger partial charge in [-0.05, 0) is 26.7 Å². The van der Waals surface area contributed by atoms with Crippen LogP contribution in [0.25, 0.3) is 0 Å². The van der Waals surface area contributed by atoms with E-state index in [1.165, 1.54) is 0 Å². The molecule has 3 rings (SSSR count). The fourth-order valence-electron chi connectivity index (χ4n) is 3.30. The lowest BCUT2D eigenvalue weighted by Gasteiger charge is -2.26. The van der Waals surface area contributed by atoms with Gasteiger partial charge in [0.1, 0.15) is 0 Å². The number of hydrogen-bond donors (Lipinski definition) is 1. The van der Waals surface area contributed by atoms with Crippen molar-refractivity contribution in [2.45, 2.75) is 51.6 Å². The van der Waals surface area contributed by atoms with Crippen LogP contribution in [0.2, 0.25) is 0 Å². The van der Waals surface area contributed by atoms with Gasteiger partial charge in [0, 0.05) is 38.5 Å². The molecule has 144 valence electrons. The molecule has 2 fully saturated rings. The smallest absolute Gasteiger partial charge is 0.318 e. The van der Waals surface area contributed by atoms with Gasteiger partial charge in [-0.1, -0.05) is 5.16 Å². The molecule has 0 radical (unpaired) electrons. The van der Waals surface area contributed by atoms with E-state index in [9.17, 15) is 9.59 Å². The topological polar surface area (TPSA) is 101 Å². The second-order valence-electron chi connectivity index (χ2n) is 7.00. The molecule has 1 N–H and O–H groups in total.